The van der Waals surface area contributed by atoms with Gasteiger partial charge in [-0.15, -0.1) is 0 Å². The van der Waals surface area contributed by atoms with Crippen LogP contribution < -0.4 is 64.4 Å². The van der Waals surface area contributed by atoms with E-state index in [2.05, 4.69) is 63.3 Å². The molecule has 0 aromatic heterocycles. The van der Waals surface area contributed by atoms with Crippen LogP contribution in [0.1, 0.15) is 181 Å². The van der Waals surface area contributed by atoms with Crippen LogP contribution in [-0.4, -0.2) is 340 Å². The van der Waals surface area contributed by atoms with Crippen molar-refractivity contribution in [1.29, 1.82) is 0 Å². The summed E-state index contributed by atoms with van der Waals surface area (Å²) >= 11 is 0. The largest absolute Gasteiger partial charge is 0.394 e. The lowest BCUT2D eigenvalue weighted by molar-refractivity contribution is -0.270. The number of carbonyl (C=O) groups is 11. The molecule has 42 nitrogen and oxygen atoms in total. The smallest absolute Gasteiger partial charge is 0.248 e. The van der Waals surface area contributed by atoms with Crippen molar-refractivity contribution >= 4 is 65.0 Å². The molecule has 0 aliphatic carbocycles. The Kier molecular flexibility index (Phi) is 55.8. The Balaban J connectivity index is 1.57. The van der Waals surface area contributed by atoms with Crippen molar-refractivity contribution in [3.8, 4) is 0 Å². The van der Waals surface area contributed by atoms with Crippen molar-refractivity contribution < 1.29 is 146 Å². The molecule has 0 spiro atoms. The van der Waals surface area contributed by atoms with Crippen molar-refractivity contribution in [2.24, 2.45) is 5.90 Å². The van der Waals surface area contributed by atoms with Crippen LogP contribution in [0.5, 0.6) is 0 Å². The van der Waals surface area contributed by atoms with E-state index in [0.29, 0.717) is 70.8 Å². The Hall–Kier alpha value is -6.63. The zero-order valence-corrected chi connectivity index (χ0v) is 68.2. The maximum Gasteiger partial charge on any atom is 0.248 e. The monoisotopic (exact) mass is 1680 g/mol. The summed E-state index contributed by atoms with van der Waals surface area (Å²) < 4.78 is 52.2. The molecular weight excluding hydrogens is 1550 g/mol. The van der Waals surface area contributed by atoms with Gasteiger partial charge in [-0.3, -0.25) is 57.6 Å². The number of ether oxygens (including phenoxy) is 9. The number of nitrogens with one attached hydrogen (secondary N) is 11. The van der Waals surface area contributed by atoms with Gasteiger partial charge in [-0.1, -0.05) is 44.9 Å². The molecule has 42 heteroatoms. The Morgan fingerprint density at radius 2 is 0.573 bits per heavy atom. The second kappa shape index (κ2) is 62.5. The molecule has 3 saturated heterocycles. The summed E-state index contributed by atoms with van der Waals surface area (Å²) in [6.45, 7) is 2.72. The van der Waals surface area contributed by atoms with E-state index in [1.165, 1.54) is 20.8 Å². The molecule has 22 N–H and O–H groups in total. The SMILES string of the molecule is CC(=O)NC1C(O)[C@@H](O)C(CO)O[C@H]1OCCCCC(=O)NCCCNC(=O)CCOCC(COCCC(=O)NCCCNC(=O)CCCCO[C@@H]1OC(CO)[C@H](O)C(O)C1NC(C)=O)(COCCC(=O)NCCCNC(=O)CCCCO[C@@H]1OC(CO)[C@H](O)C(O)C1NC(C)=O)NC(=O)CCCCCCCCCCCNC(=O)CON. The lowest BCUT2D eigenvalue weighted by Gasteiger charge is -2.42. The fraction of sp³-hybridized carbons (Fsp3) is 0.853. The first-order chi connectivity index (χ1) is 56.2. The zero-order chi connectivity index (χ0) is 86.2. The number of aliphatic hydroxyl groups excluding tert-OH is 9. The zero-order valence-electron chi connectivity index (χ0n) is 68.2. The summed E-state index contributed by atoms with van der Waals surface area (Å²) in [5, 5.41) is 121. The van der Waals surface area contributed by atoms with Crippen molar-refractivity contribution in [1.82, 2.24) is 58.5 Å². The van der Waals surface area contributed by atoms with Gasteiger partial charge in [-0.25, -0.2) is 5.90 Å². The Morgan fingerprint density at radius 1 is 0.316 bits per heavy atom. The van der Waals surface area contributed by atoms with Crippen molar-refractivity contribution in [2.45, 2.75) is 279 Å². The third kappa shape index (κ3) is 45.6. The quantitative estimate of drug-likeness (QED) is 0.0199. The summed E-state index contributed by atoms with van der Waals surface area (Å²) in [4.78, 5) is 142. The van der Waals surface area contributed by atoms with Crippen LogP contribution in [0, 0.1) is 0 Å². The van der Waals surface area contributed by atoms with Gasteiger partial charge in [0.05, 0.1) is 59.5 Å². The van der Waals surface area contributed by atoms with Crippen molar-refractivity contribution in [3.05, 3.63) is 0 Å². The molecule has 3 aliphatic heterocycles. The van der Waals surface area contributed by atoms with Crippen LogP contribution in [0.25, 0.3) is 0 Å². The van der Waals surface area contributed by atoms with Gasteiger partial charge in [-0.05, 0) is 70.6 Å². The molecule has 0 radical (unpaired) electrons. The van der Waals surface area contributed by atoms with E-state index in [1.54, 1.807) is 0 Å². The van der Waals surface area contributed by atoms with E-state index in [0.717, 1.165) is 51.4 Å². The molecule has 3 fully saturated rings. The van der Waals surface area contributed by atoms with E-state index in [9.17, 15) is 98.7 Å². The number of aliphatic hydroxyl groups is 9. The summed E-state index contributed by atoms with van der Waals surface area (Å²) in [6, 6.07) is -3.29. The lowest BCUT2D eigenvalue weighted by Crippen LogP contribution is -2.64. The number of unbranched alkanes of at least 4 members (excludes halogenated alkanes) is 11. The van der Waals surface area contributed by atoms with E-state index in [1.807, 2.05) is 0 Å². The number of hydrogen-bond acceptors (Lipinski definition) is 31. The second-order valence-electron chi connectivity index (χ2n) is 29.3. The molecular formula is C75H136N12O30. The fourth-order valence-corrected chi connectivity index (χ4v) is 12.7. The first-order valence-corrected chi connectivity index (χ1v) is 40.9. The van der Waals surface area contributed by atoms with Crippen LogP contribution >= 0.6 is 0 Å². The number of nitrogens with two attached hydrogens (primary N) is 1. The normalized spacial score (nSPS) is 23.6. The number of hydrogen-bond donors (Lipinski definition) is 21. The van der Waals surface area contributed by atoms with Gasteiger partial charge in [0.15, 0.2) is 18.9 Å². The highest BCUT2D eigenvalue weighted by atomic mass is 16.7. The maximum atomic E-state index is 14.0. The molecule has 0 saturated carbocycles. The summed E-state index contributed by atoms with van der Waals surface area (Å²) in [5.74, 6) is 0.966. The van der Waals surface area contributed by atoms with Gasteiger partial charge in [0.1, 0.15) is 85.2 Å². The minimum absolute atomic E-state index is 0.0761. The lowest BCUT2D eigenvalue weighted by atomic mass is 9.97. The van der Waals surface area contributed by atoms with Crippen LogP contribution in [0.2, 0.25) is 0 Å². The van der Waals surface area contributed by atoms with Crippen molar-refractivity contribution in [3.63, 3.8) is 0 Å². The predicted octanol–water partition coefficient (Wildman–Crippen LogP) is -5.77. The molecule has 0 aromatic carbocycles. The molecule has 676 valence electrons. The predicted molar refractivity (Wildman–Crippen MR) is 414 cm³/mol. The standard InChI is InChI=1S/C75H136N12O30/c1-49(91)84-63-69(105)66(102)52(42-88)115-72(63)111-36-16-12-22-55(94)77-30-19-33-80-58(97)26-39-108-46-75(87-61(100)25-11-9-7-5-4-6-8-10-15-29-83-62(101)45-114-76,47-109-40-27-59(98)81-34-20-31-78-56(95)23-13-17-37-112-73-64(85-50(2)92)70(106)67(103)53(43-89)116-73)48-110-41-28-60(99)82-35-21-32-79-57(96)24-14-18-38-113-74-65(86-51(3)93)71(107)68(104)54(44-90)117-74/h52-54,63-74,88-90,102-107H,4-48,76H2,1-3H3,(H,77,94)(H,78,95)(H,79,96)(H,80,97)(H,81,98)(H,82,99)(H,83,101)(H,84,91)(H,85,92)(H,86,93)(H,87,100)/t52?,53?,54?,63?,64?,65?,66-,67-,68-,69?,70?,71?,72+,73+,74+,75?/m0/s1. The molecule has 3 heterocycles. The van der Waals surface area contributed by atoms with Crippen LogP contribution in [0.4, 0.5) is 0 Å². The van der Waals surface area contributed by atoms with Crippen molar-refractivity contribution in [2.75, 3.05) is 132 Å². The molecule has 11 amide bonds. The maximum absolute atomic E-state index is 14.0. The van der Waals surface area contributed by atoms with E-state index >= 15 is 0 Å². The molecule has 9 unspecified atom stereocenters. The third-order valence-electron chi connectivity index (χ3n) is 19.1. The second-order valence-corrected chi connectivity index (χ2v) is 29.3. The summed E-state index contributed by atoms with van der Waals surface area (Å²) in [6.07, 6.45) is -3.98. The summed E-state index contributed by atoms with van der Waals surface area (Å²) in [5.41, 5.74) is -1.42. The molecule has 117 heavy (non-hydrogen) atoms. The van der Waals surface area contributed by atoms with Gasteiger partial charge in [0, 0.05) is 131 Å². The van der Waals surface area contributed by atoms with E-state index in [-0.39, 0.29) is 198 Å². The highest BCUT2D eigenvalue weighted by molar-refractivity contribution is 5.79. The topological polar surface area (TPSA) is 620 Å². The van der Waals surface area contributed by atoms with Gasteiger partial charge in [0.2, 0.25) is 65.0 Å². The minimum Gasteiger partial charge on any atom is -0.394 e. The first-order valence-electron chi connectivity index (χ1n) is 40.9. The van der Waals surface area contributed by atoms with Gasteiger partial charge in [-0.2, -0.15) is 0 Å². The number of carbonyl (C=O) groups excluding carboxylic acids is 11. The minimum atomic E-state index is -1.46. The van der Waals surface area contributed by atoms with Crippen LogP contribution in [-0.2, 0) is 100 Å². The molecule has 15 atom stereocenters. The molecule has 0 bridgehead atoms. The third-order valence-corrected chi connectivity index (χ3v) is 19.1. The van der Waals surface area contributed by atoms with Gasteiger partial charge >= 0.3 is 0 Å². The van der Waals surface area contributed by atoms with Gasteiger partial charge in [0.25, 0.3) is 0 Å². The Bertz CT molecular complexity index is 2610. The fourth-order valence-electron chi connectivity index (χ4n) is 12.7. The number of amides is 11. The summed E-state index contributed by atoms with van der Waals surface area (Å²) in [7, 11) is 0. The van der Waals surface area contributed by atoms with Gasteiger partial charge < -0.3 is 147 Å². The molecule has 3 rings (SSSR count). The number of rotatable bonds is 66. The van der Waals surface area contributed by atoms with E-state index in [4.69, 9.17) is 48.5 Å². The first kappa shape index (κ1) is 105. The van der Waals surface area contributed by atoms with Crippen LogP contribution in [0.3, 0.4) is 0 Å². The highest BCUT2D eigenvalue weighted by Crippen LogP contribution is 2.26. The Morgan fingerprint density at radius 3 is 0.863 bits per heavy atom. The van der Waals surface area contributed by atoms with Crippen LogP contribution in [0.15, 0.2) is 0 Å². The van der Waals surface area contributed by atoms with E-state index < -0.39 is 135 Å². The highest BCUT2D eigenvalue weighted by Gasteiger charge is 2.48. The average molecular weight is 1690 g/mol. The molecule has 0 aromatic rings. The molecule has 3 aliphatic rings. The Labute approximate surface area is 683 Å². The average Bonchev–Trinajstić information content (AvgIpc) is 0.844.